The molecule has 0 saturated carbocycles. The lowest BCUT2D eigenvalue weighted by molar-refractivity contribution is -0.383. The van der Waals surface area contributed by atoms with E-state index in [1.165, 1.54) is 6.07 Å². The average Bonchev–Trinajstić information content (AvgIpc) is 2.41. The fourth-order valence-corrected chi connectivity index (χ4v) is 1.91. The molecule has 0 spiro atoms. The molecule has 0 amide bonds. The molecule has 0 saturated heterocycles. The van der Waals surface area contributed by atoms with Crippen LogP contribution in [0.25, 0.3) is 0 Å². The van der Waals surface area contributed by atoms with Gasteiger partial charge in [0.25, 0.3) is 5.69 Å². The second-order valence-electron chi connectivity index (χ2n) is 3.86. The van der Waals surface area contributed by atoms with Crippen LogP contribution in [0.15, 0.2) is 48.5 Å². The quantitative estimate of drug-likeness (QED) is 0.508. The Morgan fingerprint density at radius 3 is 2.40 bits per heavy atom. The third kappa shape index (κ3) is 3.66. The molecule has 0 radical (unpaired) electrons. The second-order valence-corrected chi connectivity index (χ2v) is 4.70. The van der Waals surface area contributed by atoms with E-state index in [9.17, 15) is 10.1 Å². The Hall–Kier alpha value is -2.18. The molecule has 5 nitrogen and oxygen atoms in total. The molecule has 2 aromatic carbocycles. The Kier molecular flexibility index (Phi) is 4.49. The van der Waals surface area contributed by atoms with Gasteiger partial charge in [0.05, 0.1) is 4.92 Å². The van der Waals surface area contributed by atoms with E-state index >= 15 is 0 Å². The number of nitrogens with one attached hydrogen (secondary N) is 2. The number of nitro groups is 1. The number of rotatable bonds is 3. The van der Waals surface area contributed by atoms with Crippen molar-refractivity contribution in [3.05, 3.63) is 63.7 Å². The van der Waals surface area contributed by atoms with Crippen molar-refractivity contribution < 1.29 is 4.92 Å². The predicted octanol–water partition coefficient (Wildman–Crippen LogP) is 4.06. The van der Waals surface area contributed by atoms with Crippen LogP contribution in [0.4, 0.5) is 17.1 Å². The van der Waals surface area contributed by atoms with E-state index in [1.54, 1.807) is 42.5 Å². The summed E-state index contributed by atoms with van der Waals surface area (Å²) in [7, 11) is 0. The highest BCUT2D eigenvalue weighted by atomic mass is 35.5. The number of para-hydroxylation sites is 2. The molecule has 0 atom stereocenters. The van der Waals surface area contributed by atoms with Crippen molar-refractivity contribution in [1.82, 2.24) is 0 Å². The van der Waals surface area contributed by atoms with Crippen molar-refractivity contribution in [1.29, 1.82) is 0 Å². The summed E-state index contributed by atoms with van der Waals surface area (Å²) in [5.41, 5.74) is 1.04. The molecule has 2 aromatic rings. The Morgan fingerprint density at radius 1 is 1.10 bits per heavy atom. The Balaban J connectivity index is 2.08. The summed E-state index contributed by atoms with van der Waals surface area (Å²) >= 11 is 10.9. The minimum absolute atomic E-state index is 0.0345. The van der Waals surface area contributed by atoms with Crippen LogP contribution in [-0.4, -0.2) is 10.0 Å². The van der Waals surface area contributed by atoms with Crippen LogP contribution < -0.4 is 10.6 Å². The summed E-state index contributed by atoms with van der Waals surface area (Å²) in [6.07, 6.45) is 0. The van der Waals surface area contributed by atoms with Gasteiger partial charge >= 0.3 is 0 Å². The number of benzene rings is 2. The van der Waals surface area contributed by atoms with Gasteiger partial charge in [-0.3, -0.25) is 10.1 Å². The van der Waals surface area contributed by atoms with E-state index in [-0.39, 0.29) is 10.8 Å². The lowest BCUT2D eigenvalue weighted by atomic mass is 10.3. The number of hydrogen-bond donors (Lipinski definition) is 2. The summed E-state index contributed by atoms with van der Waals surface area (Å²) in [4.78, 5) is 10.4. The third-order valence-electron chi connectivity index (χ3n) is 2.45. The fraction of sp³-hybridized carbons (Fsp3) is 0. The van der Waals surface area contributed by atoms with Crippen molar-refractivity contribution in [2.24, 2.45) is 0 Å². The summed E-state index contributed by atoms with van der Waals surface area (Å²) in [5.74, 6) is 0. The van der Waals surface area contributed by atoms with Gasteiger partial charge in [-0.2, -0.15) is 0 Å². The smallest absolute Gasteiger partial charge is 0.292 e. The first-order valence-electron chi connectivity index (χ1n) is 5.63. The molecule has 0 aromatic heterocycles. The lowest BCUT2D eigenvalue weighted by Gasteiger charge is -2.10. The highest BCUT2D eigenvalue weighted by Crippen LogP contribution is 2.23. The van der Waals surface area contributed by atoms with E-state index in [4.69, 9.17) is 23.8 Å². The van der Waals surface area contributed by atoms with Crippen LogP contribution in [0.5, 0.6) is 0 Å². The molecule has 2 rings (SSSR count). The van der Waals surface area contributed by atoms with Crippen LogP contribution in [0.1, 0.15) is 0 Å². The van der Waals surface area contributed by atoms with Gasteiger partial charge in [-0.05, 0) is 42.5 Å². The van der Waals surface area contributed by atoms with Crippen LogP contribution in [0.2, 0.25) is 5.02 Å². The summed E-state index contributed by atoms with van der Waals surface area (Å²) < 4.78 is 0. The molecule has 0 bridgehead atoms. The molecule has 102 valence electrons. The van der Waals surface area contributed by atoms with Crippen molar-refractivity contribution in [3.8, 4) is 0 Å². The molecule has 0 aliphatic rings. The topological polar surface area (TPSA) is 67.2 Å². The number of thiocarbonyl (C=S) groups is 1. The fourth-order valence-electron chi connectivity index (χ4n) is 1.56. The minimum atomic E-state index is -0.465. The first kappa shape index (κ1) is 14.2. The SMILES string of the molecule is O=[N+]([O-])c1ccccc1NC(=S)Nc1ccc(Cl)cc1. The van der Waals surface area contributed by atoms with Gasteiger partial charge in [-0.15, -0.1) is 0 Å². The van der Waals surface area contributed by atoms with E-state index < -0.39 is 4.92 Å². The summed E-state index contributed by atoms with van der Waals surface area (Å²) in [6, 6.07) is 13.3. The van der Waals surface area contributed by atoms with Gasteiger partial charge in [0.2, 0.25) is 0 Å². The molecule has 2 N–H and O–H groups in total. The van der Waals surface area contributed by atoms with Gasteiger partial charge in [-0.25, -0.2) is 0 Å². The standard InChI is InChI=1S/C13H10ClN3O2S/c14-9-5-7-10(8-6-9)15-13(20)16-11-3-1-2-4-12(11)17(18)19/h1-8H,(H2,15,16,20). The summed E-state index contributed by atoms with van der Waals surface area (Å²) in [5, 5.41) is 17.5. The van der Waals surface area contributed by atoms with Crippen LogP contribution >= 0.6 is 23.8 Å². The van der Waals surface area contributed by atoms with E-state index in [0.29, 0.717) is 10.7 Å². The largest absolute Gasteiger partial charge is 0.332 e. The van der Waals surface area contributed by atoms with Crippen molar-refractivity contribution in [3.63, 3.8) is 0 Å². The first-order chi connectivity index (χ1) is 9.56. The third-order valence-corrected chi connectivity index (χ3v) is 2.91. The molecular formula is C13H10ClN3O2S. The van der Waals surface area contributed by atoms with E-state index in [2.05, 4.69) is 10.6 Å². The van der Waals surface area contributed by atoms with Gasteiger partial charge in [0.1, 0.15) is 5.69 Å². The first-order valence-corrected chi connectivity index (χ1v) is 6.42. The van der Waals surface area contributed by atoms with Crippen LogP contribution in [0, 0.1) is 10.1 Å². The maximum absolute atomic E-state index is 10.9. The van der Waals surface area contributed by atoms with Crippen molar-refractivity contribution >= 4 is 46.0 Å². The molecular weight excluding hydrogens is 298 g/mol. The van der Waals surface area contributed by atoms with E-state index in [1.807, 2.05) is 0 Å². The number of nitrogens with zero attached hydrogens (tertiary/aromatic N) is 1. The van der Waals surface area contributed by atoms with Gasteiger partial charge in [0.15, 0.2) is 5.11 Å². The number of halogens is 1. The molecule has 0 unspecified atom stereocenters. The van der Waals surface area contributed by atoms with Gasteiger partial charge < -0.3 is 10.6 Å². The zero-order valence-electron chi connectivity index (χ0n) is 10.2. The van der Waals surface area contributed by atoms with Crippen LogP contribution in [0.3, 0.4) is 0 Å². The summed E-state index contributed by atoms with van der Waals surface area (Å²) in [6.45, 7) is 0. The van der Waals surface area contributed by atoms with Crippen molar-refractivity contribution in [2.75, 3.05) is 10.6 Å². The highest BCUT2D eigenvalue weighted by Gasteiger charge is 2.13. The molecule has 7 heteroatoms. The zero-order chi connectivity index (χ0) is 14.5. The molecule has 0 aliphatic heterocycles. The normalized spacial score (nSPS) is 9.85. The minimum Gasteiger partial charge on any atom is -0.332 e. The molecule has 0 fully saturated rings. The molecule has 0 heterocycles. The van der Waals surface area contributed by atoms with Gasteiger partial charge in [0, 0.05) is 16.8 Å². The maximum atomic E-state index is 10.9. The Bertz CT molecular complexity index is 646. The average molecular weight is 308 g/mol. The maximum Gasteiger partial charge on any atom is 0.292 e. The van der Waals surface area contributed by atoms with Crippen molar-refractivity contribution in [2.45, 2.75) is 0 Å². The monoisotopic (exact) mass is 307 g/mol. The molecule has 0 aliphatic carbocycles. The lowest BCUT2D eigenvalue weighted by Crippen LogP contribution is -2.19. The number of anilines is 2. The van der Waals surface area contributed by atoms with Gasteiger partial charge in [-0.1, -0.05) is 23.7 Å². The Labute approximate surface area is 125 Å². The number of hydrogen-bond acceptors (Lipinski definition) is 3. The predicted molar refractivity (Wildman–Crippen MR) is 84.4 cm³/mol. The Morgan fingerprint density at radius 2 is 1.75 bits per heavy atom. The molecule has 20 heavy (non-hydrogen) atoms. The zero-order valence-corrected chi connectivity index (χ0v) is 11.7. The second kappa shape index (κ2) is 6.31. The van der Waals surface area contributed by atoms with Crippen LogP contribution in [-0.2, 0) is 0 Å². The number of nitro benzene ring substituents is 1. The van der Waals surface area contributed by atoms with E-state index in [0.717, 1.165) is 5.69 Å². The highest BCUT2D eigenvalue weighted by molar-refractivity contribution is 7.80.